The summed E-state index contributed by atoms with van der Waals surface area (Å²) >= 11 is 0. The van der Waals surface area contributed by atoms with Gasteiger partial charge < -0.3 is 28.5 Å². The quantitative estimate of drug-likeness (QED) is 0.354. The molecule has 0 saturated heterocycles. The zero-order valence-corrected chi connectivity index (χ0v) is 11.9. The minimum absolute atomic E-state index is 0. The Morgan fingerprint density at radius 3 is 1.69 bits per heavy atom. The predicted octanol–water partition coefficient (Wildman–Crippen LogP) is 0.0571. The van der Waals surface area contributed by atoms with Gasteiger partial charge in [0.1, 0.15) is 0 Å². The monoisotopic (exact) mass is 299 g/mol. The Bertz CT molecular complexity index is 96.8. The molecule has 0 bridgehead atoms. The maximum atomic E-state index is 2.27. The first-order valence-corrected chi connectivity index (χ1v) is 5.36. The molecule has 2 heteroatoms. The third kappa shape index (κ3) is 15.4. The first kappa shape index (κ1) is 16.1. The second-order valence-electron chi connectivity index (χ2n) is 4.78. The number of unbranched alkanes of at least 4 members (excludes halogenated alkanes) is 5. The predicted molar refractivity (Wildman–Crippen MR) is 56.3 cm³/mol. The Morgan fingerprint density at radius 1 is 0.769 bits per heavy atom. The number of quaternary nitrogens is 1. The van der Waals surface area contributed by atoms with E-state index >= 15 is 0 Å². The maximum absolute atomic E-state index is 2.27. The minimum atomic E-state index is 0. The van der Waals surface area contributed by atoms with E-state index in [2.05, 4.69) is 28.1 Å². The number of halogens is 1. The molecule has 0 aliphatic rings. The molecular formula is C11H26IN. The van der Waals surface area contributed by atoms with Gasteiger partial charge in [-0.1, -0.05) is 32.6 Å². The highest BCUT2D eigenvalue weighted by molar-refractivity contribution is 4.42. The summed E-state index contributed by atoms with van der Waals surface area (Å²) in [6.07, 6.45) is 8.48. The number of hydrogen-bond donors (Lipinski definition) is 0. The molecule has 0 amide bonds. The van der Waals surface area contributed by atoms with Crippen molar-refractivity contribution in [2.75, 3.05) is 27.7 Å². The van der Waals surface area contributed by atoms with Gasteiger partial charge in [-0.25, -0.2) is 0 Å². The fourth-order valence-electron chi connectivity index (χ4n) is 1.37. The van der Waals surface area contributed by atoms with Crippen LogP contribution in [0, 0.1) is 0 Å². The zero-order valence-electron chi connectivity index (χ0n) is 9.77. The zero-order chi connectivity index (χ0) is 9.45. The van der Waals surface area contributed by atoms with Gasteiger partial charge in [0.05, 0.1) is 27.7 Å². The van der Waals surface area contributed by atoms with E-state index in [0.29, 0.717) is 0 Å². The first-order chi connectivity index (χ1) is 5.56. The minimum Gasteiger partial charge on any atom is -1.00 e. The number of hydrogen-bond acceptors (Lipinski definition) is 0. The topological polar surface area (TPSA) is 0 Å². The van der Waals surface area contributed by atoms with E-state index in [-0.39, 0.29) is 24.0 Å². The van der Waals surface area contributed by atoms with Crippen LogP contribution in [0.1, 0.15) is 45.4 Å². The van der Waals surface area contributed by atoms with Gasteiger partial charge >= 0.3 is 0 Å². The average molecular weight is 299 g/mol. The van der Waals surface area contributed by atoms with Crippen molar-refractivity contribution >= 4 is 0 Å². The summed E-state index contributed by atoms with van der Waals surface area (Å²) in [7, 11) is 6.81. The summed E-state index contributed by atoms with van der Waals surface area (Å²) in [6.45, 7) is 3.60. The molecule has 13 heavy (non-hydrogen) atoms. The van der Waals surface area contributed by atoms with Crippen molar-refractivity contribution in [1.29, 1.82) is 0 Å². The second-order valence-corrected chi connectivity index (χ2v) is 4.78. The highest BCUT2D eigenvalue weighted by atomic mass is 127. The highest BCUT2D eigenvalue weighted by Gasteiger charge is 2.04. The standard InChI is InChI=1S/C11H26N.HI/c1-5-6-7-8-9-10-11-12(2,3)4;/h5-11H2,1-4H3;1H/q+1;/p-1. The van der Waals surface area contributed by atoms with Crippen molar-refractivity contribution in [3.05, 3.63) is 0 Å². The lowest BCUT2D eigenvalue weighted by atomic mass is 10.1. The van der Waals surface area contributed by atoms with Crippen molar-refractivity contribution in [3.63, 3.8) is 0 Å². The molecule has 0 aromatic carbocycles. The lowest BCUT2D eigenvalue weighted by Crippen LogP contribution is -3.00. The van der Waals surface area contributed by atoms with Crippen LogP contribution in [-0.2, 0) is 0 Å². The third-order valence-electron chi connectivity index (χ3n) is 2.18. The van der Waals surface area contributed by atoms with Gasteiger partial charge in [0, 0.05) is 0 Å². The van der Waals surface area contributed by atoms with Gasteiger partial charge in [0.25, 0.3) is 0 Å². The molecule has 0 atom stereocenters. The fourth-order valence-corrected chi connectivity index (χ4v) is 1.37. The van der Waals surface area contributed by atoms with E-state index in [9.17, 15) is 0 Å². The van der Waals surface area contributed by atoms with Crippen molar-refractivity contribution < 1.29 is 28.5 Å². The van der Waals surface area contributed by atoms with E-state index in [1.54, 1.807) is 0 Å². The highest BCUT2D eigenvalue weighted by Crippen LogP contribution is 2.06. The molecule has 0 N–H and O–H groups in total. The molecule has 0 radical (unpaired) electrons. The van der Waals surface area contributed by atoms with Crippen LogP contribution in [0.4, 0.5) is 0 Å². The second kappa shape index (κ2) is 9.25. The van der Waals surface area contributed by atoms with Gasteiger partial charge in [0.15, 0.2) is 0 Å². The van der Waals surface area contributed by atoms with Crippen LogP contribution in [0.5, 0.6) is 0 Å². The Hall–Kier alpha value is 0.690. The summed E-state index contributed by atoms with van der Waals surface area (Å²) in [5, 5.41) is 0. The molecule has 0 saturated carbocycles. The summed E-state index contributed by atoms with van der Waals surface area (Å²) in [5.74, 6) is 0. The molecule has 0 heterocycles. The Labute approximate surface area is 102 Å². The largest absolute Gasteiger partial charge is 1.00 e. The van der Waals surface area contributed by atoms with Crippen LogP contribution in [0.2, 0.25) is 0 Å². The summed E-state index contributed by atoms with van der Waals surface area (Å²) in [6, 6.07) is 0. The number of nitrogens with zero attached hydrogens (tertiary/aromatic N) is 1. The smallest absolute Gasteiger partial charge is 0.0780 e. The lowest BCUT2D eigenvalue weighted by molar-refractivity contribution is -0.870. The van der Waals surface area contributed by atoms with Gasteiger partial charge in [-0.3, -0.25) is 0 Å². The SMILES string of the molecule is CCCCCCCC[N+](C)(C)C.[I-]. The Kier molecular flexibility index (Phi) is 11.5. The van der Waals surface area contributed by atoms with Crippen LogP contribution in [0.3, 0.4) is 0 Å². The van der Waals surface area contributed by atoms with Crippen LogP contribution in [-0.4, -0.2) is 32.2 Å². The van der Waals surface area contributed by atoms with Crippen molar-refractivity contribution in [2.24, 2.45) is 0 Å². The summed E-state index contributed by atoms with van der Waals surface area (Å²) < 4.78 is 1.12. The van der Waals surface area contributed by atoms with E-state index in [4.69, 9.17) is 0 Å². The summed E-state index contributed by atoms with van der Waals surface area (Å²) in [5.41, 5.74) is 0. The van der Waals surface area contributed by atoms with Crippen molar-refractivity contribution in [3.8, 4) is 0 Å². The molecular weight excluding hydrogens is 273 g/mol. The normalized spacial score (nSPS) is 11.1. The molecule has 0 aromatic rings. The molecule has 0 rings (SSSR count). The van der Waals surface area contributed by atoms with Gasteiger partial charge in [-0.2, -0.15) is 0 Å². The Morgan fingerprint density at radius 2 is 1.23 bits per heavy atom. The fraction of sp³-hybridized carbons (Fsp3) is 1.00. The van der Waals surface area contributed by atoms with Gasteiger partial charge in [-0.15, -0.1) is 0 Å². The van der Waals surface area contributed by atoms with E-state index in [0.717, 1.165) is 4.48 Å². The third-order valence-corrected chi connectivity index (χ3v) is 2.18. The van der Waals surface area contributed by atoms with Crippen LogP contribution in [0.15, 0.2) is 0 Å². The molecule has 1 nitrogen and oxygen atoms in total. The molecule has 0 aromatic heterocycles. The maximum Gasteiger partial charge on any atom is 0.0780 e. The first-order valence-electron chi connectivity index (χ1n) is 5.36. The molecule has 0 aliphatic heterocycles. The molecule has 0 aliphatic carbocycles. The van der Waals surface area contributed by atoms with E-state index < -0.39 is 0 Å². The molecule has 82 valence electrons. The van der Waals surface area contributed by atoms with Gasteiger partial charge in [0.2, 0.25) is 0 Å². The molecule has 0 fully saturated rings. The van der Waals surface area contributed by atoms with E-state index in [1.807, 2.05) is 0 Å². The van der Waals surface area contributed by atoms with Crippen molar-refractivity contribution in [2.45, 2.75) is 45.4 Å². The van der Waals surface area contributed by atoms with Crippen molar-refractivity contribution in [1.82, 2.24) is 0 Å². The summed E-state index contributed by atoms with van der Waals surface area (Å²) in [4.78, 5) is 0. The lowest BCUT2D eigenvalue weighted by Gasteiger charge is -2.23. The number of rotatable bonds is 7. The molecule has 0 spiro atoms. The van der Waals surface area contributed by atoms with Crippen LogP contribution in [0.25, 0.3) is 0 Å². The average Bonchev–Trinajstić information content (AvgIpc) is 1.94. The molecule has 0 unspecified atom stereocenters. The van der Waals surface area contributed by atoms with Crippen LogP contribution < -0.4 is 24.0 Å². The Balaban J connectivity index is 0. The van der Waals surface area contributed by atoms with Gasteiger partial charge in [-0.05, 0) is 12.8 Å². The van der Waals surface area contributed by atoms with Crippen LogP contribution >= 0.6 is 0 Å². The van der Waals surface area contributed by atoms with E-state index in [1.165, 1.54) is 45.1 Å².